The molecule has 2 N–H and O–H groups in total. The van der Waals surface area contributed by atoms with Crippen molar-refractivity contribution in [2.45, 2.75) is 40.2 Å². The van der Waals surface area contributed by atoms with Crippen LogP contribution in [0.2, 0.25) is 0 Å². The Morgan fingerprint density at radius 2 is 1.84 bits per heavy atom. The summed E-state index contributed by atoms with van der Waals surface area (Å²) in [5.41, 5.74) is 5.27. The van der Waals surface area contributed by atoms with Crippen molar-refractivity contribution in [3.8, 4) is 0 Å². The summed E-state index contributed by atoms with van der Waals surface area (Å²) in [5, 5.41) is 3.89. The molecule has 0 saturated heterocycles. The third kappa shape index (κ3) is 5.52. The molecule has 31 heavy (non-hydrogen) atoms. The summed E-state index contributed by atoms with van der Waals surface area (Å²) in [4.78, 5) is 30.3. The molecule has 0 aliphatic carbocycles. The third-order valence-electron chi connectivity index (χ3n) is 5.41. The third-order valence-corrected chi connectivity index (χ3v) is 5.41. The van der Waals surface area contributed by atoms with Gasteiger partial charge in [0, 0.05) is 24.9 Å². The van der Waals surface area contributed by atoms with E-state index in [1.54, 1.807) is 12.0 Å². The Hall–Kier alpha value is -3.12. The fraction of sp³-hybridized carbons (Fsp3) is 0.360. The zero-order valence-corrected chi connectivity index (χ0v) is 18.9. The lowest BCUT2D eigenvalue weighted by Crippen LogP contribution is -2.38. The predicted molar refractivity (Wildman–Crippen MR) is 126 cm³/mol. The molecule has 1 aromatic heterocycles. The molecule has 0 unspecified atom stereocenters. The molecule has 0 spiro atoms. The molecule has 0 atom stereocenters. The lowest BCUT2D eigenvalue weighted by molar-refractivity contribution is 0.152. The van der Waals surface area contributed by atoms with E-state index in [-0.39, 0.29) is 18.1 Å². The number of ether oxygens (including phenoxy) is 1. The van der Waals surface area contributed by atoms with Gasteiger partial charge in [-0.3, -0.25) is 4.79 Å². The number of urea groups is 1. The van der Waals surface area contributed by atoms with E-state index in [0.717, 1.165) is 27.7 Å². The molecule has 0 radical (unpaired) electrons. The average molecular weight is 422 g/mol. The zero-order chi connectivity index (χ0) is 22.5. The van der Waals surface area contributed by atoms with Crippen LogP contribution in [0.5, 0.6) is 0 Å². The average Bonchev–Trinajstić information content (AvgIpc) is 2.72. The number of carbonyl (C=O) groups is 1. The van der Waals surface area contributed by atoms with Crippen LogP contribution in [0.25, 0.3) is 10.9 Å². The van der Waals surface area contributed by atoms with Crippen molar-refractivity contribution in [1.82, 2.24) is 9.88 Å². The van der Waals surface area contributed by atoms with E-state index in [4.69, 9.17) is 4.74 Å². The SMILES string of the molecule is COCCN(Cc1cc2cc(C)cc(C)c2[nH]c1=O)C(=O)Nc1ccc(C(C)C)cc1. The van der Waals surface area contributed by atoms with Gasteiger partial charge in [-0.2, -0.15) is 0 Å². The topological polar surface area (TPSA) is 74.4 Å². The van der Waals surface area contributed by atoms with Crippen molar-refractivity contribution in [2.75, 3.05) is 25.6 Å². The number of fused-ring (bicyclic) bond motifs is 1. The number of aromatic nitrogens is 1. The number of methoxy groups -OCH3 is 1. The normalized spacial score (nSPS) is 11.2. The number of benzene rings is 2. The first-order valence-corrected chi connectivity index (χ1v) is 10.6. The summed E-state index contributed by atoms with van der Waals surface area (Å²) in [6.07, 6.45) is 0. The highest BCUT2D eigenvalue weighted by molar-refractivity contribution is 5.89. The van der Waals surface area contributed by atoms with Crippen LogP contribution >= 0.6 is 0 Å². The highest BCUT2D eigenvalue weighted by atomic mass is 16.5. The number of hydrogen-bond donors (Lipinski definition) is 2. The Labute approximate surface area is 183 Å². The predicted octanol–water partition coefficient (Wildman–Crippen LogP) is 4.95. The van der Waals surface area contributed by atoms with Gasteiger partial charge in [0.25, 0.3) is 5.56 Å². The molecule has 6 heteroatoms. The molecule has 3 aromatic rings. The van der Waals surface area contributed by atoms with Crippen LogP contribution in [0.3, 0.4) is 0 Å². The van der Waals surface area contributed by atoms with Gasteiger partial charge in [0.05, 0.1) is 18.7 Å². The molecule has 164 valence electrons. The molecule has 2 amide bonds. The van der Waals surface area contributed by atoms with Gasteiger partial charge >= 0.3 is 6.03 Å². The Bertz CT molecular complexity index is 1120. The van der Waals surface area contributed by atoms with E-state index in [0.29, 0.717) is 24.6 Å². The molecule has 2 aromatic carbocycles. The second-order valence-corrected chi connectivity index (χ2v) is 8.29. The molecule has 0 saturated carbocycles. The van der Waals surface area contributed by atoms with Gasteiger partial charge in [-0.1, -0.05) is 37.6 Å². The van der Waals surface area contributed by atoms with Crippen molar-refractivity contribution in [2.24, 2.45) is 0 Å². The minimum absolute atomic E-state index is 0.184. The number of hydrogen-bond acceptors (Lipinski definition) is 3. The van der Waals surface area contributed by atoms with Gasteiger partial charge in [-0.25, -0.2) is 4.79 Å². The van der Waals surface area contributed by atoms with Gasteiger partial charge in [0.2, 0.25) is 0 Å². The highest BCUT2D eigenvalue weighted by Gasteiger charge is 2.17. The summed E-state index contributed by atoms with van der Waals surface area (Å²) < 4.78 is 5.18. The van der Waals surface area contributed by atoms with Crippen LogP contribution in [0.1, 0.15) is 42.0 Å². The van der Waals surface area contributed by atoms with Gasteiger partial charge in [-0.15, -0.1) is 0 Å². The summed E-state index contributed by atoms with van der Waals surface area (Å²) >= 11 is 0. The number of anilines is 1. The number of amides is 2. The highest BCUT2D eigenvalue weighted by Crippen LogP contribution is 2.20. The number of aromatic amines is 1. The van der Waals surface area contributed by atoms with E-state index >= 15 is 0 Å². The van der Waals surface area contributed by atoms with Gasteiger partial charge in [-0.05, 0) is 60.5 Å². The first-order valence-electron chi connectivity index (χ1n) is 10.6. The van der Waals surface area contributed by atoms with Crippen molar-refractivity contribution >= 4 is 22.6 Å². The Balaban J connectivity index is 1.84. The largest absolute Gasteiger partial charge is 0.383 e. The lowest BCUT2D eigenvalue weighted by atomic mass is 10.0. The van der Waals surface area contributed by atoms with Crippen LogP contribution in [0, 0.1) is 13.8 Å². The molecular weight excluding hydrogens is 390 g/mol. The molecule has 0 fully saturated rings. The molecule has 6 nitrogen and oxygen atoms in total. The number of carbonyl (C=O) groups excluding carboxylic acids is 1. The maximum Gasteiger partial charge on any atom is 0.322 e. The molecule has 0 aliphatic heterocycles. The maximum absolute atomic E-state index is 13.0. The van der Waals surface area contributed by atoms with E-state index in [1.807, 2.05) is 56.3 Å². The lowest BCUT2D eigenvalue weighted by Gasteiger charge is -2.23. The second-order valence-electron chi connectivity index (χ2n) is 8.29. The van der Waals surface area contributed by atoms with Crippen LogP contribution in [-0.4, -0.2) is 36.2 Å². The summed E-state index contributed by atoms with van der Waals surface area (Å²) in [5.74, 6) is 0.426. The van der Waals surface area contributed by atoms with Crippen molar-refractivity contribution in [3.05, 3.63) is 75.1 Å². The molecule has 1 heterocycles. The van der Waals surface area contributed by atoms with Crippen LogP contribution in [-0.2, 0) is 11.3 Å². The first-order chi connectivity index (χ1) is 14.8. The van der Waals surface area contributed by atoms with Gasteiger partial charge in [0.1, 0.15) is 0 Å². The number of H-pyrrole nitrogens is 1. The minimum Gasteiger partial charge on any atom is -0.383 e. The standard InChI is InChI=1S/C25H31N3O3/c1-16(2)19-6-8-22(9-7-19)26-25(30)28(10-11-31-5)15-21-14-20-13-17(3)12-18(4)23(20)27-24(21)29/h6-9,12-14,16H,10-11,15H2,1-5H3,(H,26,30)(H,27,29). The monoisotopic (exact) mass is 421 g/mol. The molecule has 0 aliphatic rings. The number of rotatable bonds is 7. The fourth-order valence-electron chi connectivity index (χ4n) is 3.66. The number of nitrogens with zero attached hydrogens (tertiary/aromatic N) is 1. The van der Waals surface area contributed by atoms with Crippen LogP contribution in [0.4, 0.5) is 10.5 Å². The molecule has 3 rings (SSSR count). The second kappa shape index (κ2) is 9.79. The van der Waals surface area contributed by atoms with E-state index in [2.05, 4.69) is 24.1 Å². The Morgan fingerprint density at radius 1 is 1.13 bits per heavy atom. The smallest absolute Gasteiger partial charge is 0.322 e. The van der Waals surface area contributed by atoms with Crippen molar-refractivity contribution in [3.63, 3.8) is 0 Å². The van der Waals surface area contributed by atoms with E-state index < -0.39 is 0 Å². The Morgan fingerprint density at radius 3 is 2.48 bits per heavy atom. The van der Waals surface area contributed by atoms with Crippen LogP contribution in [0.15, 0.2) is 47.3 Å². The fourth-order valence-corrected chi connectivity index (χ4v) is 3.66. The molecular formula is C25H31N3O3. The quantitative estimate of drug-likeness (QED) is 0.567. The van der Waals surface area contributed by atoms with E-state index in [1.165, 1.54) is 5.56 Å². The number of pyridine rings is 1. The minimum atomic E-state index is -0.269. The maximum atomic E-state index is 13.0. The first kappa shape index (κ1) is 22.6. The zero-order valence-electron chi connectivity index (χ0n) is 18.9. The number of nitrogens with one attached hydrogen (secondary N) is 2. The molecule has 0 bridgehead atoms. The van der Waals surface area contributed by atoms with Gasteiger partial charge in [0.15, 0.2) is 0 Å². The van der Waals surface area contributed by atoms with Crippen LogP contribution < -0.4 is 10.9 Å². The van der Waals surface area contributed by atoms with Crippen molar-refractivity contribution in [1.29, 1.82) is 0 Å². The summed E-state index contributed by atoms with van der Waals surface area (Å²) in [6.45, 7) is 9.21. The number of aryl methyl sites for hydroxylation is 2. The van der Waals surface area contributed by atoms with Gasteiger partial charge < -0.3 is 19.9 Å². The summed E-state index contributed by atoms with van der Waals surface area (Å²) in [7, 11) is 1.59. The van der Waals surface area contributed by atoms with Crippen molar-refractivity contribution < 1.29 is 9.53 Å². The van der Waals surface area contributed by atoms with E-state index in [9.17, 15) is 9.59 Å². The summed E-state index contributed by atoms with van der Waals surface area (Å²) in [6, 6.07) is 13.5. The Kier molecular flexibility index (Phi) is 7.13.